The molecule has 0 fully saturated rings. The molecule has 10 heteroatoms. The van der Waals surface area contributed by atoms with Crippen LogP contribution in [0.15, 0.2) is 59.7 Å². The lowest BCUT2D eigenvalue weighted by Crippen LogP contribution is -2.50. The molecule has 1 atom stereocenters. The third-order valence-electron chi connectivity index (χ3n) is 6.21. The second-order valence-corrected chi connectivity index (χ2v) is 10.2. The number of ether oxygens (including phenoxy) is 1. The van der Waals surface area contributed by atoms with Crippen molar-refractivity contribution >= 4 is 27.6 Å². The summed E-state index contributed by atoms with van der Waals surface area (Å²) in [6.45, 7) is 1.28. The van der Waals surface area contributed by atoms with E-state index in [4.69, 9.17) is 14.6 Å². The number of hydrogen-bond acceptors (Lipinski definition) is 8. The number of aromatic nitrogens is 1. The van der Waals surface area contributed by atoms with E-state index in [-0.39, 0.29) is 0 Å². The second kappa shape index (κ2) is 9.29. The van der Waals surface area contributed by atoms with Gasteiger partial charge in [-0.3, -0.25) is 24.4 Å². The monoisotopic (exact) mass is 493 g/mol. The Bertz CT molecular complexity index is 1380. The molecule has 1 aromatic heterocycles. The van der Waals surface area contributed by atoms with Crippen molar-refractivity contribution < 1.29 is 18.0 Å². The average Bonchev–Trinajstić information content (AvgIpc) is 2.86. The van der Waals surface area contributed by atoms with Gasteiger partial charge in [-0.2, -0.15) is 0 Å². The van der Waals surface area contributed by atoms with E-state index in [1.807, 2.05) is 48.7 Å². The number of hydrogen-bond donors (Lipinski definition) is 1. The van der Waals surface area contributed by atoms with E-state index in [0.29, 0.717) is 30.9 Å². The number of anilines is 2. The second-order valence-electron chi connectivity index (χ2n) is 8.49. The maximum absolute atomic E-state index is 11.8. The van der Waals surface area contributed by atoms with Crippen LogP contribution < -0.4 is 14.5 Å². The van der Waals surface area contributed by atoms with Crippen molar-refractivity contribution in [1.29, 1.82) is 0 Å². The smallest absolute Gasteiger partial charge is 0.229 e. The number of aliphatic imine (C=N–C) groups is 1. The Morgan fingerprint density at radius 3 is 2.69 bits per heavy atom. The first-order valence-corrected chi connectivity index (χ1v) is 13.1. The number of fused-ring (bicyclic) bond motifs is 2. The van der Waals surface area contributed by atoms with Gasteiger partial charge in [0.25, 0.3) is 0 Å². The van der Waals surface area contributed by atoms with Gasteiger partial charge in [0.05, 0.1) is 37.5 Å². The van der Waals surface area contributed by atoms with Crippen molar-refractivity contribution in [3.05, 3.63) is 71.4 Å². The molecule has 3 heterocycles. The average molecular weight is 494 g/mol. The highest BCUT2D eigenvalue weighted by Crippen LogP contribution is 2.39. The molecule has 9 nitrogen and oxygen atoms in total. The fourth-order valence-electron chi connectivity index (χ4n) is 4.67. The molecule has 182 valence electrons. The van der Waals surface area contributed by atoms with Crippen molar-refractivity contribution in [2.45, 2.75) is 19.3 Å². The Balaban J connectivity index is 1.49. The molecule has 2 aromatic carbocycles. The molecule has 0 bridgehead atoms. The van der Waals surface area contributed by atoms with Crippen LogP contribution in [0.5, 0.6) is 5.75 Å². The van der Waals surface area contributed by atoms with Gasteiger partial charge in [-0.25, -0.2) is 13.5 Å². The van der Waals surface area contributed by atoms with E-state index in [1.165, 1.54) is 6.26 Å². The first kappa shape index (κ1) is 23.3. The van der Waals surface area contributed by atoms with Crippen LogP contribution in [0.3, 0.4) is 0 Å². The molecule has 3 aromatic rings. The summed E-state index contributed by atoms with van der Waals surface area (Å²) in [7, 11) is -0.0902. The van der Waals surface area contributed by atoms with Gasteiger partial charge >= 0.3 is 0 Å². The highest BCUT2D eigenvalue weighted by molar-refractivity contribution is 7.92. The van der Waals surface area contributed by atoms with Crippen LogP contribution in [0.25, 0.3) is 11.3 Å². The van der Waals surface area contributed by atoms with Gasteiger partial charge in [0.2, 0.25) is 16.3 Å². The molecule has 0 saturated heterocycles. The lowest BCUT2D eigenvalue weighted by Gasteiger charge is -2.41. The van der Waals surface area contributed by atoms with Crippen molar-refractivity contribution in [2.75, 3.05) is 36.8 Å². The summed E-state index contributed by atoms with van der Waals surface area (Å²) in [5.74, 6) is 0.695. The molecule has 2 aliphatic rings. The summed E-state index contributed by atoms with van der Waals surface area (Å²) in [5.41, 5.74) is 6.17. The van der Waals surface area contributed by atoms with E-state index in [9.17, 15) is 8.42 Å². The van der Waals surface area contributed by atoms with Crippen LogP contribution in [0.4, 0.5) is 11.4 Å². The normalized spacial score (nSPS) is 17.6. The molecule has 0 saturated carbocycles. The number of rotatable bonds is 6. The standard InChI is InChI=1S/C25H27N5O4S/c1-33-18-13-20(22-8-4-5-11-26-22)21-15-27-25(30(34-2)24(21)14-18)29-12-10-19-17(16-29)7-6-9-23(19)28-35(3,31)32/h4-9,11,13-15,25,28H,10,12,16H2,1-3H3. The van der Waals surface area contributed by atoms with Crippen molar-refractivity contribution in [1.82, 2.24) is 9.88 Å². The van der Waals surface area contributed by atoms with Crippen molar-refractivity contribution in [2.24, 2.45) is 4.99 Å². The fraction of sp³-hybridized carbons (Fsp3) is 0.280. The van der Waals surface area contributed by atoms with Gasteiger partial charge in [0.1, 0.15) is 5.75 Å². The quantitative estimate of drug-likeness (QED) is 0.563. The summed E-state index contributed by atoms with van der Waals surface area (Å²) < 4.78 is 31.8. The van der Waals surface area contributed by atoms with Gasteiger partial charge in [-0.05, 0) is 41.8 Å². The zero-order valence-electron chi connectivity index (χ0n) is 19.8. The van der Waals surface area contributed by atoms with Gasteiger partial charge in [0, 0.05) is 42.7 Å². The van der Waals surface area contributed by atoms with Crippen LogP contribution in [-0.4, -0.2) is 57.8 Å². The topological polar surface area (TPSA) is 96.4 Å². The number of benzene rings is 2. The lowest BCUT2D eigenvalue weighted by atomic mass is 9.97. The van der Waals surface area contributed by atoms with E-state index < -0.39 is 16.3 Å². The fourth-order valence-corrected chi connectivity index (χ4v) is 5.26. The predicted octanol–water partition coefficient (Wildman–Crippen LogP) is 3.27. The van der Waals surface area contributed by atoms with Crippen LogP contribution in [0.1, 0.15) is 16.7 Å². The van der Waals surface area contributed by atoms with Gasteiger partial charge in [-0.15, -0.1) is 0 Å². The van der Waals surface area contributed by atoms with Crippen molar-refractivity contribution in [3.63, 3.8) is 0 Å². The van der Waals surface area contributed by atoms with E-state index in [1.54, 1.807) is 31.5 Å². The summed E-state index contributed by atoms with van der Waals surface area (Å²) in [5, 5.41) is 1.79. The molecule has 1 N–H and O–H groups in total. The first-order chi connectivity index (χ1) is 16.9. The number of nitrogens with one attached hydrogen (secondary N) is 1. The molecule has 5 rings (SSSR count). The summed E-state index contributed by atoms with van der Waals surface area (Å²) in [6, 6.07) is 15.4. The van der Waals surface area contributed by atoms with Crippen LogP contribution in [-0.2, 0) is 27.8 Å². The van der Waals surface area contributed by atoms with E-state index >= 15 is 0 Å². The zero-order valence-corrected chi connectivity index (χ0v) is 20.6. The first-order valence-electron chi connectivity index (χ1n) is 11.2. The highest BCUT2D eigenvalue weighted by Gasteiger charge is 2.34. The number of hydroxylamine groups is 1. The molecular weight excluding hydrogens is 466 g/mol. The van der Waals surface area contributed by atoms with Gasteiger partial charge < -0.3 is 4.74 Å². The van der Waals surface area contributed by atoms with Gasteiger partial charge in [0.15, 0.2) is 0 Å². The van der Waals surface area contributed by atoms with E-state index in [0.717, 1.165) is 33.6 Å². The summed E-state index contributed by atoms with van der Waals surface area (Å²) >= 11 is 0. The Morgan fingerprint density at radius 2 is 1.97 bits per heavy atom. The Labute approximate surface area is 205 Å². The lowest BCUT2D eigenvalue weighted by molar-refractivity contribution is 0.0562. The number of pyridine rings is 1. The van der Waals surface area contributed by atoms with Crippen LogP contribution >= 0.6 is 0 Å². The number of nitrogens with zero attached hydrogens (tertiary/aromatic N) is 4. The van der Waals surface area contributed by atoms with Crippen molar-refractivity contribution in [3.8, 4) is 17.0 Å². The third-order valence-corrected chi connectivity index (χ3v) is 6.80. The van der Waals surface area contributed by atoms with E-state index in [2.05, 4.69) is 14.6 Å². The van der Waals surface area contributed by atoms with Gasteiger partial charge in [-0.1, -0.05) is 18.2 Å². The molecule has 1 unspecified atom stereocenters. The summed E-state index contributed by atoms with van der Waals surface area (Å²) in [4.78, 5) is 17.4. The summed E-state index contributed by atoms with van der Waals surface area (Å²) in [6.07, 6.45) is 5.09. The Hall–Kier alpha value is -3.47. The SMILES string of the molecule is COc1cc(-c2ccccn2)c2c(c1)N(OC)C(N1CCc3c(cccc3NS(C)(=O)=O)C1)N=C2. The third kappa shape index (κ3) is 4.60. The highest BCUT2D eigenvalue weighted by atomic mass is 32.2. The predicted molar refractivity (Wildman–Crippen MR) is 136 cm³/mol. The number of methoxy groups -OCH3 is 1. The minimum absolute atomic E-state index is 0.393. The molecule has 35 heavy (non-hydrogen) atoms. The molecule has 0 amide bonds. The Kier molecular flexibility index (Phi) is 6.18. The van der Waals surface area contributed by atoms with Crippen LogP contribution in [0, 0.1) is 0 Å². The molecule has 0 radical (unpaired) electrons. The molecule has 0 spiro atoms. The molecule has 2 aliphatic heterocycles. The Morgan fingerprint density at radius 1 is 1.11 bits per heavy atom. The molecule has 0 aliphatic carbocycles. The molecular formula is C25H27N5O4S. The maximum Gasteiger partial charge on any atom is 0.229 e. The number of sulfonamides is 1. The minimum Gasteiger partial charge on any atom is -0.497 e. The zero-order chi connectivity index (χ0) is 24.6. The van der Waals surface area contributed by atoms with Crippen LogP contribution in [0.2, 0.25) is 0 Å². The minimum atomic E-state index is -3.36. The largest absolute Gasteiger partial charge is 0.497 e. The maximum atomic E-state index is 11.8.